The van der Waals surface area contributed by atoms with E-state index in [4.69, 9.17) is 5.11 Å². The lowest BCUT2D eigenvalue weighted by atomic mass is 9.91. The maximum Gasteiger partial charge on any atom is 0.335 e. The van der Waals surface area contributed by atoms with Crippen LogP contribution in [0.15, 0.2) is 36.5 Å². The highest BCUT2D eigenvalue weighted by Crippen LogP contribution is 2.32. The molecule has 0 saturated carbocycles. The summed E-state index contributed by atoms with van der Waals surface area (Å²) in [5.41, 5.74) is 4.60. The molecule has 4 heteroatoms. The van der Waals surface area contributed by atoms with Gasteiger partial charge in [-0.3, -0.25) is 4.98 Å². The predicted octanol–water partition coefficient (Wildman–Crippen LogP) is 3.58. The van der Waals surface area contributed by atoms with Gasteiger partial charge in [-0.1, -0.05) is 12.1 Å². The van der Waals surface area contributed by atoms with Gasteiger partial charge in [0, 0.05) is 11.9 Å². The van der Waals surface area contributed by atoms with Gasteiger partial charge in [0.2, 0.25) is 0 Å². The Balaban J connectivity index is 1.91. The normalized spacial score (nSPS) is 17.1. The Hall–Kier alpha value is -2.36. The Morgan fingerprint density at radius 2 is 2.24 bits per heavy atom. The van der Waals surface area contributed by atoms with Crippen LogP contribution in [-0.4, -0.2) is 16.1 Å². The van der Waals surface area contributed by atoms with Crippen molar-refractivity contribution >= 4 is 11.7 Å². The number of carboxylic acids is 1. The minimum absolute atomic E-state index is 0.151. The van der Waals surface area contributed by atoms with E-state index < -0.39 is 5.97 Å². The molecule has 1 aromatic heterocycles. The summed E-state index contributed by atoms with van der Waals surface area (Å²) < 4.78 is 0. The number of aromatic carboxylic acids is 1. The number of benzene rings is 1. The lowest BCUT2D eigenvalue weighted by molar-refractivity contribution is 0.0697. The van der Waals surface area contributed by atoms with Crippen LogP contribution in [0.2, 0.25) is 0 Å². The van der Waals surface area contributed by atoms with Crippen molar-refractivity contribution in [2.45, 2.75) is 32.2 Å². The highest BCUT2D eigenvalue weighted by Gasteiger charge is 2.21. The third kappa shape index (κ3) is 2.75. The zero-order chi connectivity index (χ0) is 14.8. The maximum atomic E-state index is 11.1. The van der Waals surface area contributed by atoms with Gasteiger partial charge >= 0.3 is 5.97 Å². The van der Waals surface area contributed by atoms with E-state index in [-0.39, 0.29) is 6.04 Å². The molecule has 4 nitrogen and oxygen atoms in total. The van der Waals surface area contributed by atoms with Crippen LogP contribution in [0.4, 0.5) is 5.69 Å². The van der Waals surface area contributed by atoms with Crippen LogP contribution >= 0.6 is 0 Å². The molecule has 0 fully saturated rings. The molecule has 0 bridgehead atoms. The van der Waals surface area contributed by atoms with Crippen molar-refractivity contribution in [1.29, 1.82) is 0 Å². The number of rotatable bonds is 3. The Kier molecular flexibility index (Phi) is 3.60. The van der Waals surface area contributed by atoms with Crippen molar-refractivity contribution in [3.05, 3.63) is 58.9 Å². The monoisotopic (exact) mass is 282 g/mol. The average molecular weight is 282 g/mol. The second kappa shape index (κ2) is 5.56. The fraction of sp³-hybridized carbons (Fsp3) is 0.294. The van der Waals surface area contributed by atoms with Gasteiger partial charge in [0.25, 0.3) is 0 Å². The molecule has 0 spiro atoms. The molecule has 3 rings (SSSR count). The predicted molar refractivity (Wildman–Crippen MR) is 81.7 cm³/mol. The molecule has 0 radical (unpaired) electrons. The zero-order valence-electron chi connectivity index (χ0n) is 12.0. The molecular weight excluding hydrogens is 264 g/mol. The number of nitrogens with zero attached hydrogens (tertiary/aromatic N) is 1. The van der Waals surface area contributed by atoms with Gasteiger partial charge in [-0.05, 0) is 55.5 Å². The number of carboxylic acid groups (broad SMARTS) is 1. The van der Waals surface area contributed by atoms with Crippen LogP contribution in [0.1, 0.15) is 46.1 Å². The van der Waals surface area contributed by atoms with Crippen LogP contribution in [0.25, 0.3) is 0 Å². The lowest BCUT2D eigenvalue weighted by Gasteiger charge is -2.26. The van der Waals surface area contributed by atoms with Crippen molar-refractivity contribution in [3.8, 4) is 0 Å². The molecule has 1 aliphatic carbocycles. The van der Waals surface area contributed by atoms with Gasteiger partial charge in [0.05, 0.1) is 17.3 Å². The number of anilines is 1. The lowest BCUT2D eigenvalue weighted by Crippen LogP contribution is -2.19. The molecule has 2 N–H and O–H groups in total. The van der Waals surface area contributed by atoms with E-state index in [9.17, 15) is 4.79 Å². The summed E-state index contributed by atoms with van der Waals surface area (Å²) in [5, 5.41) is 12.6. The first-order valence-electron chi connectivity index (χ1n) is 7.19. The van der Waals surface area contributed by atoms with Crippen LogP contribution in [0.5, 0.6) is 0 Å². The SMILES string of the molecule is Cc1ccc(C(=O)O)cc1NC1CCCc2cccnc21. The molecule has 1 heterocycles. The third-order valence-electron chi connectivity index (χ3n) is 4.01. The Morgan fingerprint density at radius 3 is 3.05 bits per heavy atom. The molecule has 108 valence electrons. The number of aromatic nitrogens is 1. The second-order valence-electron chi connectivity index (χ2n) is 5.47. The summed E-state index contributed by atoms with van der Waals surface area (Å²) in [5.74, 6) is -0.903. The number of carbonyl (C=O) groups is 1. The molecule has 1 unspecified atom stereocenters. The Labute approximate surface area is 123 Å². The highest BCUT2D eigenvalue weighted by molar-refractivity contribution is 5.89. The molecule has 0 saturated heterocycles. The van der Waals surface area contributed by atoms with Gasteiger partial charge in [-0.2, -0.15) is 0 Å². The second-order valence-corrected chi connectivity index (χ2v) is 5.47. The molecule has 1 atom stereocenters. The number of aryl methyl sites for hydroxylation is 2. The first-order valence-corrected chi connectivity index (χ1v) is 7.19. The topological polar surface area (TPSA) is 62.2 Å². The van der Waals surface area contributed by atoms with E-state index in [1.807, 2.05) is 25.3 Å². The molecule has 0 aliphatic heterocycles. The summed E-state index contributed by atoms with van der Waals surface area (Å²) in [6.07, 6.45) is 5.02. The quantitative estimate of drug-likeness (QED) is 0.903. The number of fused-ring (bicyclic) bond motifs is 1. The van der Waals surface area contributed by atoms with Crippen LogP contribution in [0, 0.1) is 6.92 Å². The summed E-state index contributed by atoms with van der Waals surface area (Å²) in [6, 6.07) is 9.42. The first-order chi connectivity index (χ1) is 10.1. The van der Waals surface area contributed by atoms with Crippen LogP contribution in [0.3, 0.4) is 0 Å². The van der Waals surface area contributed by atoms with E-state index in [1.165, 1.54) is 5.56 Å². The Bertz CT molecular complexity index is 682. The largest absolute Gasteiger partial charge is 0.478 e. The van der Waals surface area contributed by atoms with Crippen LogP contribution < -0.4 is 5.32 Å². The van der Waals surface area contributed by atoms with Gasteiger partial charge < -0.3 is 10.4 Å². The maximum absolute atomic E-state index is 11.1. The van der Waals surface area contributed by atoms with E-state index in [1.54, 1.807) is 12.1 Å². The highest BCUT2D eigenvalue weighted by atomic mass is 16.4. The molecule has 1 aliphatic rings. The Morgan fingerprint density at radius 1 is 1.38 bits per heavy atom. The first kappa shape index (κ1) is 13.6. The van der Waals surface area contributed by atoms with Gasteiger partial charge in [0.1, 0.15) is 0 Å². The molecular formula is C17H18N2O2. The van der Waals surface area contributed by atoms with Gasteiger partial charge in [-0.15, -0.1) is 0 Å². The van der Waals surface area contributed by atoms with Gasteiger partial charge in [-0.25, -0.2) is 4.79 Å². The van der Waals surface area contributed by atoms with Crippen molar-refractivity contribution < 1.29 is 9.90 Å². The summed E-state index contributed by atoms with van der Waals surface area (Å²) in [4.78, 5) is 15.6. The minimum Gasteiger partial charge on any atom is -0.478 e. The van der Waals surface area contributed by atoms with Crippen molar-refractivity contribution in [1.82, 2.24) is 4.98 Å². The zero-order valence-corrected chi connectivity index (χ0v) is 12.0. The van der Waals surface area contributed by atoms with E-state index in [2.05, 4.69) is 16.4 Å². The summed E-state index contributed by atoms with van der Waals surface area (Å²) in [7, 11) is 0. The van der Waals surface area contributed by atoms with Crippen LogP contribution in [-0.2, 0) is 6.42 Å². The van der Waals surface area contributed by atoms with Gasteiger partial charge in [0.15, 0.2) is 0 Å². The fourth-order valence-corrected chi connectivity index (χ4v) is 2.85. The van der Waals surface area contributed by atoms with Crippen molar-refractivity contribution in [3.63, 3.8) is 0 Å². The number of hydrogen-bond acceptors (Lipinski definition) is 3. The molecule has 1 aromatic carbocycles. The summed E-state index contributed by atoms with van der Waals surface area (Å²) >= 11 is 0. The van der Waals surface area contributed by atoms with E-state index in [0.717, 1.165) is 36.2 Å². The number of nitrogens with one attached hydrogen (secondary N) is 1. The van der Waals surface area contributed by atoms with E-state index in [0.29, 0.717) is 5.56 Å². The number of hydrogen-bond donors (Lipinski definition) is 2. The molecule has 21 heavy (non-hydrogen) atoms. The standard InChI is InChI=1S/C17H18N2O2/c1-11-7-8-13(17(20)21)10-15(11)19-14-6-2-4-12-5-3-9-18-16(12)14/h3,5,7-10,14,19H,2,4,6H2,1H3,(H,20,21). The molecule has 0 amide bonds. The van der Waals surface area contributed by atoms with Crippen molar-refractivity contribution in [2.75, 3.05) is 5.32 Å². The molecule has 2 aromatic rings. The average Bonchev–Trinajstić information content (AvgIpc) is 2.49. The van der Waals surface area contributed by atoms with E-state index >= 15 is 0 Å². The fourth-order valence-electron chi connectivity index (χ4n) is 2.85. The number of pyridine rings is 1. The minimum atomic E-state index is -0.903. The smallest absolute Gasteiger partial charge is 0.335 e. The van der Waals surface area contributed by atoms with Crippen molar-refractivity contribution in [2.24, 2.45) is 0 Å². The third-order valence-corrected chi connectivity index (χ3v) is 4.01. The summed E-state index contributed by atoms with van der Waals surface area (Å²) in [6.45, 7) is 1.98.